The quantitative estimate of drug-likeness (QED) is 0.775. The number of hydrogen-bond acceptors (Lipinski definition) is 3. The number of rotatable bonds is 4. The molecule has 0 aromatic heterocycles. The van der Waals surface area contributed by atoms with Crippen molar-refractivity contribution in [1.29, 1.82) is 0 Å². The molecular weight excluding hydrogens is 214 g/mol. The van der Waals surface area contributed by atoms with E-state index >= 15 is 0 Å². The van der Waals surface area contributed by atoms with E-state index in [4.69, 9.17) is 5.73 Å². The molecule has 1 saturated carbocycles. The molecule has 100 valence electrons. The van der Waals surface area contributed by atoms with E-state index in [2.05, 4.69) is 31.0 Å². The van der Waals surface area contributed by atoms with Gasteiger partial charge in [-0.05, 0) is 40.7 Å². The van der Waals surface area contributed by atoms with Gasteiger partial charge in [-0.25, -0.2) is 0 Å². The van der Waals surface area contributed by atoms with Crippen molar-refractivity contribution in [2.45, 2.75) is 64.1 Å². The van der Waals surface area contributed by atoms with Gasteiger partial charge in [-0.1, -0.05) is 12.8 Å². The van der Waals surface area contributed by atoms with Crippen molar-refractivity contribution in [2.75, 3.05) is 13.6 Å². The van der Waals surface area contributed by atoms with Crippen LogP contribution in [-0.4, -0.2) is 42.0 Å². The first-order valence-corrected chi connectivity index (χ1v) is 6.56. The van der Waals surface area contributed by atoms with Crippen LogP contribution in [0.5, 0.6) is 0 Å². The molecule has 0 unspecified atom stereocenters. The van der Waals surface area contributed by atoms with Gasteiger partial charge in [0.2, 0.25) is 5.91 Å². The molecule has 0 bridgehead atoms. The number of carbonyl (C=O) groups is 1. The minimum Gasteiger partial charge on any atom is -0.369 e. The number of nitrogens with zero attached hydrogens (tertiary/aromatic N) is 1. The molecule has 1 fully saturated rings. The van der Waals surface area contributed by atoms with E-state index in [9.17, 15) is 4.79 Å². The first-order valence-electron chi connectivity index (χ1n) is 6.56. The van der Waals surface area contributed by atoms with Gasteiger partial charge in [0.15, 0.2) is 0 Å². The molecule has 4 nitrogen and oxygen atoms in total. The van der Waals surface area contributed by atoms with Gasteiger partial charge in [0, 0.05) is 17.6 Å². The van der Waals surface area contributed by atoms with E-state index in [0.29, 0.717) is 18.6 Å². The molecule has 0 aromatic carbocycles. The van der Waals surface area contributed by atoms with Crippen LogP contribution in [0.1, 0.15) is 46.5 Å². The van der Waals surface area contributed by atoms with Gasteiger partial charge in [-0.15, -0.1) is 0 Å². The Morgan fingerprint density at radius 1 is 1.35 bits per heavy atom. The minimum absolute atomic E-state index is 0.119. The van der Waals surface area contributed by atoms with Gasteiger partial charge < -0.3 is 11.1 Å². The fourth-order valence-electron chi connectivity index (χ4n) is 2.73. The molecule has 0 spiro atoms. The maximum absolute atomic E-state index is 11.0. The second-order valence-electron chi connectivity index (χ2n) is 6.23. The Bertz CT molecular complexity index is 260. The monoisotopic (exact) mass is 241 g/mol. The van der Waals surface area contributed by atoms with Crippen LogP contribution in [0.2, 0.25) is 0 Å². The van der Waals surface area contributed by atoms with Crippen molar-refractivity contribution in [3.05, 3.63) is 0 Å². The lowest BCUT2D eigenvalue weighted by Gasteiger charge is -2.41. The third-order valence-corrected chi connectivity index (χ3v) is 3.32. The number of amides is 1. The van der Waals surface area contributed by atoms with Gasteiger partial charge in [-0.2, -0.15) is 0 Å². The maximum atomic E-state index is 11.0. The first-order chi connectivity index (χ1) is 7.79. The minimum atomic E-state index is -0.243. The van der Waals surface area contributed by atoms with Crippen LogP contribution in [0, 0.1) is 0 Å². The van der Waals surface area contributed by atoms with E-state index in [1.54, 1.807) is 0 Å². The Labute approximate surface area is 105 Å². The summed E-state index contributed by atoms with van der Waals surface area (Å²) in [5.74, 6) is -0.243. The van der Waals surface area contributed by atoms with Crippen molar-refractivity contribution >= 4 is 5.91 Å². The molecule has 1 rings (SSSR count). The second kappa shape index (κ2) is 5.83. The Kier molecular flexibility index (Phi) is 4.95. The zero-order chi connectivity index (χ0) is 13.1. The topological polar surface area (TPSA) is 58.4 Å². The summed E-state index contributed by atoms with van der Waals surface area (Å²) in [6.07, 6.45) is 4.85. The van der Waals surface area contributed by atoms with Crippen LogP contribution in [0.4, 0.5) is 0 Å². The number of nitrogens with two attached hydrogens (primary N) is 1. The summed E-state index contributed by atoms with van der Waals surface area (Å²) in [5.41, 5.74) is 5.39. The van der Waals surface area contributed by atoms with Gasteiger partial charge >= 0.3 is 0 Å². The van der Waals surface area contributed by atoms with Crippen LogP contribution in [0.15, 0.2) is 0 Å². The predicted molar refractivity (Wildman–Crippen MR) is 70.8 cm³/mol. The molecule has 2 atom stereocenters. The zero-order valence-electron chi connectivity index (χ0n) is 11.6. The van der Waals surface area contributed by atoms with Crippen LogP contribution in [-0.2, 0) is 4.79 Å². The van der Waals surface area contributed by atoms with E-state index < -0.39 is 0 Å². The summed E-state index contributed by atoms with van der Waals surface area (Å²) in [6, 6.07) is 0.892. The van der Waals surface area contributed by atoms with Gasteiger partial charge in [-0.3, -0.25) is 9.69 Å². The van der Waals surface area contributed by atoms with Crippen LogP contribution < -0.4 is 11.1 Å². The number of hydrogen-bond donors (Lipinski definition) is 2. The highest BCUT2D eigenvalue weighted by Crippen LogP contribution is 2.24. The normalized spacial score (nSPS) is 26.2. The van der Waals surface area contributed by atoms with Gasteiger partial charge in [0.25, 0.3) is 0 Å². The molecule has 0 saturated heterocycles. The standard InChI is InChI=1S/C13H27N3O/c1-13(2,3)15-10-7-5-6-8-11(10)16(4)9-12(14)17/h10-11,15H,5-9H2,1-4H3,(H2,14,17)/t10-,11-/m0/s1. The third kappa shape index (κ3) is 5.04. The number of carbonyl (C=O) groups excluding carboxylic acids is 1. The summed E-state index contributed by atoms with van der Waals surface area (Å²) in [5, 5.41) is 3.67. The van der Waals surface area contributed by atoms with Crippen molar-refractivity contribution in [1.82, 2.24) is 10.2 Å². The molecule has 1 aliphatic rings. The maximum Gasteiger partial charge on any atom is 0.231 e. The number of likely N-dealkylation sites (N-methyl/N-ethyl adjacent to an activating group) is 1. The Balaban J connectivity index is 2.62. The highest BCUT2D eigenvalue weighted by molar-refractivity contribution is 5.75. The van der Waals surface area contributed by atoms with Crippen molar-refractivity contribution < 1.29 is 4.79 Å². The zero-order valence-corrected chi connectivity index (χ0v) is 11.6. The molecule has 0 heterocycles. The molecule has 1 amide bonds. The van der Waals surface area contributed by atoms with Gasteiger partial charge in [0.05, 0.1) is 6.54 Å². The molecule has 0 aliphatic heterocycles. The Morgan fingerprint density at radius 2 is 1.94 bits per heavy atom. The number of primary amides is 1. The van der Waals surface area contributed by atoms with E-state index in [1.807, 2.05) is 7.05 Å². The summed E-state index contributed by atoms with van der Waals surface area (Å²) >= 11 is 0. The fourth-order valence-corrected chi connectivity index (χ4v) is 2.73. The lowest BCUT2D eigenvalue weighted by Crippen LogP contribution is -2.56. The number of nitrogens with one attached hydrogen (secondary N) is 1. The molecule has 3 N–H and O–H groups in total. The second-order valence-corrected chi connectivity index (χ2v) is 6.23. The predicted octanol–water partition coefficient (Wildman–Crippen LogP) is 1.10. The molecule has 4 heteroatoms. The smallest absolute Gasteiger partial charge is 0.231 e. The largest absolute Gasteiger partial charge is 0.369 e. The summed E-state index contributed by atoms with van der Waals surface area (Å²) < 4.78 is 0. The van der Waals surface area contributed by atoms with Crippen LogP contribution in [0.25, 0.3) is 0 Å². The van der Waals surface area contributed by atoms with Gasteiger partial charge in [0.1, 0.15) is 0 Å². The highest BCUT2D eigenvalue weighted by atomic mass is 16.1. The fraction of sp³-hybridized carbons (Fsp3) is 0.923. The highest BCUT2D eigenvalue weighted by Gasteiger charge is 2.31. The van der Waals surface area contributed by atoms with E-state index in [-0.39, 0.29) is 11.4 Å². The van der Waals surface area contributed by atoms with Crippen LogP contribution in [0.3, 0.4) is 0 Å². The summed E-state index contributed by atoms with van der Waals surface area (Å²) in [7, 11) is 2.00. The van der Waals surface area contributed by atoms with Crippen LogP contribution >= 0.6 is 0 Å². The molecular formula is C13H27N3O. The van der Waals surface area contributed by atoms with E-state index in [0.717, 1.165) is 6.42 Å². The first kappa shape index (κ1) is 14.5. The average Bonchev–Trinajstić information content (AvgIpc) is 2.14. The Hall–Kier alpha value is -0.610. The van der Waals surface area contributed by atoms with E-state index in [1.165, 1.54) is 19.3 Å². The third-order valence-electron chi connectivity index (χ3n) is 3.32. The molecule has 0 radical (unpaired) electrons. The summed E-state index contributed by atoms with van der Waals surface area (Å²) in [4.78, 5) is 13.1. The average molecular weight is 241 g/mol. The van der Waals surface area contributed by atoms with Crippen molar-refractivity contribution in [3.63, 3.8) is 0 Å². The molecule has 1 aliphatic carbocycles. The lowest BCUT2D eigenvalue weighted by atomic mass is 9.87. The lowest BCUT2D eigenvalue weighted by molar-refractivity contribution is -0.119. The SMILES string of the molecule is CN(CC(N)=O)[C@H]1CCCC[C@@H]1NC(C)(C)C. The molecule has 0 aromatic rings. The summed E-state index contributed by atoms with van der Waals surface area (Å²) in [6.45, 7) is 6.92. The Morgan fingerprint density at radius 3 is 2.47 bits per heavy atom. The molecule has 17 heavy (non-hydrogen) atoms. The van der Waals surface area contributed by atoms with Crippen molar-refractivity contribution in [2.24, 2.45) is 5.73 Å². The van der Waals surface area contributed by atoms with Crippen molar-refractivity contribution in [3.8, 4) is 0 Å².